The van der Waals surface area contributed by atoms with Crippen molar-refractivity contribution in [1.82, 2.24) is 4.98 Å². The number of ether oxygens (including phenoxy) is 1. The van der Waals surface area contributed by atoms with Gasteiger partial charge in [0, 0.05) is 23.5 Å². The van der Waals surface area contributed by atoms with E-state index in [1.807, 2.05) is 17.5 Å². The van der Waals surface area contributed by atoms with Crippen molar-refractivity contribution < 1.29 is 9.53 Å². The van der Waals surface area contributed by atoms with Crippen molar-refractivity contribution >= 4 is 22.4 Å². The Morgan fingerprint density at radius 2 is 1.95 bits per heavy atom. The third kappa shape index (κ3) is 4.12. The van der Waals surface area contributed by atoms with E-state index in [1.165, 1.54) is 11.3 Å². The SMILES string of the molecule is COCc1ccc(C(=O)Nc2nc(C(C)(C)C)cs2)cc1. The van der Waals surface area contributed by atoms with Gasteiger partial charge >= 0.3 is 0 Å². The molecule has 0 spiro atoms. The van der Waals surface area contributed by atoms with E-state index in [0.29, 0.717) is 17.3 Å². The van der Waals surface area contributed by atoms with Crippen molar-refractivity contribution in [2.24, 2.45) is 0 Å². The summed E-state index contributed by atoms with van der Waals surface area (Å²) in [5.74, 6) is -0.145. The molecule has 21 heavy (non-hydrogen) atoms. The number of carbonyl (C=O) groups excluding carboxylic acids is 1. The van der Waals surface area contributed by atoms with Crippen LogP contribution >= 0.6 is 11.3 Å². The molecule has 112 valence electrons. The quantitative estimate of drug-likeness (QED) is 0.933. The van der Waals surface area contributed by atoms with Crippen LogP contribution in [0.3, 0.4) is 0 Å². The number of anilines is 1. The molecule has 2 rings (SSSR count). The summed E-state index contributed by atoms with van der Waals surface area (Å²) in [6.07, 6.45) is 0. The number of benzene rings is 1. The van der Waals surface area contributed by atoms with E-state index >= 15 is 0 Å². The second-order valence-corrected chi connectivity index (χ2v) is 6.73. The number of carbonyl (C=O) groups is 1. The Morgan fingerprint density at radius 1 is 1.29 bits per heavy atom. The number of aromatic nitrogens is 1. The van der Waals surface area contributed by atoms with Crippen LogP contribution in [0.25, 0.3) is 0 Å². The van der Waals surface area contributed by atoms with Crippen LogP contribution in [-0.2, 0) is 16.8 Å². The molecule has 0 aliphatic carbocycles. The largest absolute Gasteiger partial charge is 0.380 e. The Kier molecular flexibility index (Phi) is 4.75. The van der Waals surface area contributed by atoms with Gasteiger partial charge in [-0.1, -0.05) is 32.9 Å². The monoisotopic (exact) mass is 304 g/mol. The van der Waals surface area contributed by atoms with Gasteiger partial charge in [-0.3, -0.25) is 10.1 Å². The molecule has 0 saturated heterocycles. The molecule has 0 fully saturated rings. The van der Waals surface area contributed by atoms with Crippen LogP contribution in [0.4, 0.5) is 5.13 Å². The van der Waals surface area contributed by atoms with Gasteiger partial charge in [-0.25, -0.2) is 4.98 Å². The lowest BCUT2D eigenvalue weighted by Gasteiger charge is -2.14. The van der Waals surface area contributed by atoms with Crippen LogP contribution in [0, 0.1) is 0 Å². The van der Waals surface area contributed by atoms with E-state index in [2.05, 4.69) is 31.1 Å². The highest BCUT2D eigenvalue weighted by Gasteiger charge is 2.18. The Hall–Kier alpha value is -1.72. The summed E-state index contributed by atoms with van der Waals surface area (Å²) >= 11 is 1.45. The molecule has 1 heterocycles. The van der Waals surface area contributed by atoms with E-state index in [4.69, 9.17) is 4.74 Å². The average Bonchev–Trinajstić information content (AvgIpc) is 2.88. The van der Waals surface area contributed by atoms with Crippen molar-refractivity contribution in [2.75, 3.05) is 12.4 Å². The molecule has 0 saturated carbocycles. The first-order chi connectivity index (χ1) is 9.90. The highest BCUT2D eigenvalue weighted by Crippen LogP contribution is 2.26. The first-order valence-corrected chi connectivity index (χ1v) is 7.63. The number of hydrogen-bond acceptors (Lipinski definition) is 4. The summed E-state index contributed by atoms with van der Waals surface area (Å²) in [6, 6.07) is 7.37. The van der Waals surface area contributed by atoms with Gasteiger partial charge in [-0.05, 0) is 17.7 Å². The smallest absolute Gasteiger partial charge is 0.257 e. The summed E-state index contributed by atoms with van der Waals surface area (Å²) in [5, 5.41) is 5.45. The number of rotatable bonds is 4. The van der Waals surface area contributed by atoms with Crippen LogP contribution in [0.2, 0.25) is 0 Å². The average molecular weight is 304 g/mol. The minimum Gasteiger partial charge on any atom is -0.380 e. The van der Waals surface area contributed by atoms with E-state index in [0.717, 1.165) is 11.3 Å². The topological polar surface area (TPSA) is 51.2 Å². The predicted octanol–water partition coefficient (Wildman–Crippen LogP) is 3.84. The van der Waals surface area contributed by atoms with Crippen LogP contribution in [-0.4, -0.2) is 18.0 Å². The molecule has 0 aliphatic rings. The summed E-state index contributed by atoms with van der Waals surface area (Å²) in [5.41, 5.74) is 2.63. The van der Waals surface area contributed by atoms with Gasteiger partial charge in [-0.15, -0.1) is 11.3 Å². The third-order valence-electron chi connectivity index (χ3n) is 3.02. The van der Waals surface area contributed by atoms with Gasteiger partial charge in [0.1, 0.15) is 0 Å². The van der Waals surface area contributed by atoms with E-state index < -0.39 is 0 Å². The fraction of sp³-hybridized carbons (Fsp3) is 0.375. The van der Waals surface area contributed by atoms with Gasteiger partial charge in [0.05, 0.1) is 12.3 Å². The lowest BCUT2D eigenvalue weighted by molar-refractivity contribution is 0.102. The first-order valence-electron chi connectivity index (χ1n) is 6.75. The molecular weight excluding hydrogens is 284 g/mol. The molecule has 1 N–H and O–H groups in total. The van der Waals surface area contributed by atoms with E-state index in [1.54, 1.807) is 19.2 Å². The Balaban J connectivity index is 2.05. The standard InChI is InChI=1S/C16H20N2O2S/c1-16(2,3)13-10-21-15(17-13)18-14(19)12-7-5-11(6-8-12)9-20-4/h5-8,10H,9H2,1-4H3,(H,17,18,19). The highest BCUT2D eigenvalue weighted by atomic mass is 32.1. The lowest BCUT2D eigenvalue weighted by Crippen LogP contribution is -2.14. The summed E-state index contributed by atoms with van der Waals surface area (Å²) in [7, 11) is 1.65. The number of nitrogens with one attached hydrogen (secondary N) is 1. The summed E-state index contributed by atoms with van der Waals surface area (Å²) in [4.78, 5) is 16.6. The van der Waals surface area contributed by atoms with Crippen molar-refractivity contribution in [3.63, 3.8) is 0 Å². The molecule has 0 atom stereocenters. The Labute approximate surface area is 129 Å². The molecule has 5 heteroatoms. The predicted molar refractivity (Wildman–Crippen MR) is 85.9 cm³/mol. The van der Waals surface area contributed by atoms with Gasteiger partial charge in [0.2, 0.25) is 0 Å². The van der Waals surface area contributed by atoms with Crippen LogP contribution in [0.5, 0.6) is 0 Å². The second kappa shape index (κ2) is 6.37. The lowest BCUT2D eigenvalue weighted by atomic mass is 9.93. The van der Waals surface area contributed by atoms with Crippen molar-refractivity contribution in [3.8, 4) is 0 Å². The molecule has 1 aromatic carbocycles. The Morgan fingerprint density at radius 3 is 2.48 bits per heavy atom. The molecule has 1 amide bonds. The van der Waals surface area contributed by atoms with Crippen molar-refractivity contribution in [1.29, 1.82) is 0 Å². The van der Waals surface area contributed by atoms with Crippen LogP contribution in [0.15, 0.2) is 29.6 Å². The molecule has 0 unspecified atom stereocenters. The molecule has 4 nitrogen and oxygen atoms in total. The molecule has 0 radical (unpaired) electrons. The molecule has 2 aromatic rings. The minimum atomic E-state index is -0.145. The van der Waals surface area contributed by atoms with E-state index in [9.17, 15) is 4.79 Å². The van der Waals surface area contributed by atoms with E-state index in [-0.39, 0.29) is 11.3 Å². The van der Waals surface area contributed by atoms with Gasteiger partial charge in [0.25, 0.3) is 5.91 Å². The maximum atomic E-state index is 12.2. The molecule has 0 bridgehead atoms. The highest BCUT2D eigenvalue weighted by molar-refractivity contribution is 7.14. The van der Waals surface area contributed by atoms with Crippen molar-refractivity contribution in [2.45, 2.75) is 32.8 Å². The first kappa shape index (κ1) is 15.7. The fourth-order valence-corrected chi connectivity index (χ4v) is 2.70. The summed E-state index contributed by atoms with van der Waals surface area (Å²) < 4.78 is 5.05. The van der Waals surface area contributed by atoms with Gasteiger partial charge in [0.15, 0.2) is 5.13 Å². The second-order valence-electron chi connectivity index (χ2n) is 5.87. The number of hydrogen-bond donors (Lipinski definition) is 1. The zero-order valence-corrected chi connectivity index (χ0v) is 13.6. The number of thiazole rings is 1. The zero-order valence-electron chi connectivity index (χ0n) is 12.8. The van der Waals surface area contributed by atoms with Gasteiger partial charge in [-0.2, -0.15) is 0 Å². The van der Waals surface area contributed by atoms with Crippen LogP contribution < -0.4 is 5.32 Å². The maximum absolute atomic E-state index is 12.2. The third-order valence-corrected chi connectivity index (χ3v) is 3.78. The molecular formula is C16H20N2O2S. The van der Waals surface area contributed by atoms with Crippen LogP contribution in [0.1, 0.15) is 42.4 Å². The zero-order chi connectivity index (χ0) is 15.5. The number of nitrogens with zero attached hydrogens (tertiary/aromatic N) is 1. The Bertz CT molecular complexity index is 612. The number of amides is 1. The molecule has 1 aromatic heterocycles. The van der Waals surface area contributed by atoms with Gasteiger partial charge < -0.3 is 4.74 Å². The maximum Gasteiger partial charge on any atom is 0.257 e. The normalized spacial score (nSPS) is 11.4. The summed E-state index contributed by atoms with van der Waals surface area (Å²) in [6.45, 7) is 6.84. The fourth-order valence-electron chi connectivity index (χ4n) is 1.76. The minimum absolute atomic E-state index is 0.0126. The van der Waals surface area contributed by atoms with Crippen molar-refractivity contribution in [3.05, 3.63) is 46.5 Å². The number of methoxy groups -OCH3 is 1. The molecule has 0 aliphatic heterocycles.